The Labute approximate surface area is 177 Å². The van der Waals surface area contributed by atoms with Crippen LogP contribution in [0.5, 0.6) is 0 Å². The third kappa shape index (κ3) is 10.0. The van der Waals surface area contributed by atoms with E-state index in [9.17, 15) is 18.0 Å². The average Bonchev–Trinajstić information content (AvgIpc) is 2.60. The highest BCUT2D eigenvalue weighted by Crippen LogP contribution is 2.34. The number of benzene rings is 1. The molecule has 0 fully saturated rings. The number of allylic oxidation sites excluding steroid dienone is 5. The summed E-state index contributed by atoms with van der Waals surface area (Å²) in [5.74, 6) is 0.312. The molecule has 1 rings (SSSR count). The van der Waals surface area contributed by atoms with Crippen LogP contribution in [0.1, 0.15) is 76.2 Å². The summed E-state index contributed by atoms with van der Waals surface area (Å²) in [7, 11) is 0. The van der Waals surface area contributed by atoms with Gasteiger partial charge in [0.05, 0.1) is 5.56 Å². The van der Waals surface area contributed by atoms with Crippen LogP contribution in [-0.2, 0) is 6.18 Å². The molecule has 5 heteroatoms. The van der Waals surface area contributed by atoms with Crippen molar-refractivity contribution in [2.24, 2.45) is 0 Å². The fourth-order valence-corrected chi connectivity index (χ4v) is 3.85. The monoisotopic (exact) mass is 424 g/mol. The van der Waals surface area contributed by atoms with Crippen LogP contribution in [-0.4, -0.2) is 11.5 Å². The van der Waals surface area contributed by atoms with Crippen LogP contribution in [0.15, 0.2) is 58.0 Å². The minimum absolute atomic E-state index is 0.226. The molecule has 0 aliphatic heterocycles. The third-order valence-electron chi connectivity index (χ3n) is 4.48. The Kier molecular flexibility index (Phi) is 10.5. The van der Waals surface area contributed by atoms with Crippen LogP contribution < -0.4 is 0 Å². The second-order valence-corrected chi connectivity index (χ2v) is 8.60. The first-order valence-corrected chi connectivity index (χ1v) is 10.8. The summed E-state index contributed by atoms with van der Waals surface area (Å²) in [6, 6.07) is 3.31. The Morgan fingerprint density at radius 2 is 1.52 bits per heavy atom. The van der Waals surface area contributed by atoms with Gasteiger partial charge in [-0.05, 0) is 78.5 Å². The molecule has 29 heavy (non-hydrogen) atoms. The Morgan fingerprint density at radius 3 is 2.07 bits per heavy atom. The van der Waals surface area contributed by atoms with Gasteiger partial charge >= 0.3 is 6.18 Å². The summed E-state index contributed by atoms with van der Waals surface area (Å²) in [6.45, 7) is 9.75. The largest absolute Gasteiger partial charge is 0.416 e. The van der Waals surface area contributed by atoms with Crippen LogP contribution in [0, 0.1) is 0 Å². The molecule has 0 saturated heterocycles. The second kappa shape index (κ2) is 12.1. The van der Waals surface area contributed by atoms with Crippen molar-refractivity contribution >= 4 is 17.5 Å². The first kappa shape index (κ1) is 25.3. The van der Waals surface area contributed by atoms with Gasteiger partial charge in [0, 0.05) is 16.2 Å². The Bertz CT molecular complexity index is 782. The van der Waals surface area contributed by atoms with Crippen molar-refractivity contribution in [3.05, 3.63) is 64.3 Å². The maximum absolute atomic E-state index is 13.0. The molecule has 0 amide bonds. The molecule has 0 aliphatic rings. The van der Waals surface area contributed by atoms with Crippen LogP contribution in [0.2, 0.25) is 0 Å². The van der Waals surface area contributed by atoms with Crippen molar-refractivity contribution in [2.75, 3.05) is 5.75 Å². The maximum atomic E-state index is 13.0. The van der Waals surface area contributed by atoms with Gasteiger partial charge in [-0.15, -0.1) is 11.8 Å². The van der Waals surface area contributed by atoms with Crippen LogP contribution in [0.3, 0.4) is 0 Å². The molecule has 0 bridgehead atoms. The highest BCUT2D eigenvalue weighted by Gasteiger charge is 2.31. The summed E-state index contributed by atoms with van der Waals surface area (Å²) in [4.78, 5) is 12.1. The molecule has 1 aromatic carbocycles. The van der Waals surface area contributed by atoms with Crippen molar-refractivity contribution in [2.45, 2.75) is 71.4 Å². The van der Waals surface area contributed by atoms with Gasteiger partial charge in [0.25, 0.3) is 0 Å². The van der Waals surface area contributed by atoms with Crippen molar-refractivity contribution in [3.63, 3.8) is 0 Å². The number of thioether (sulfide) groups is 1. The summed E-state index contributed by atoms with van der Waals surface area (Å²) in [5.41, 5.74) is 3.52. The lowest BCUT2D eigenvalue weighted by Crippen LogP contribution is -2.06. The zero-order valence-electron chi connectivity index (χ0n) is 18.0. The highest BCUT2D eigenvalue weighted by molar-refractivity contribution is 7.99. The zero-order chi connectivity index (χ0) is 22.0. The maximum Gasteiger partial charge on any atom is 0.416 e. The zero-order valence-corrected chi connectivity index (χ0v) is 18.8. The number of ketones is 1. The number of Topliss-reactive ketones (excluding diaryl/α,β-unsaturated/α-hetero) is 1. The third-order valence-corrected chi connectivity index (χ3v) is 5.46. The van der Waals surface area contributed by atoms with E-state index >= 15 is 0 Å². The molecule has 0 radical (unpaired) electrons. The van der Waals surface area contributed by atoms with Gasteiger partial charge in [-0.2, -0.15) is 13.2 Å². The molecule has 0 N–H and O–H groups in total. The van der Waals surface area contributed by atoms with Crippen molar-refractivity contribution in [1.29, 1.82) is 0 Å². The number of rotatable bonds is 10. The van der Waals surface area contributed by atoms with E-state index in [-0.39, 0.29) is 5.78 Å². The van der Waals surface area contributed by atoms with Crippen LogP contribution in [0.25, 0.3) is 0 Å². The fourth-order valence-electron chi connectivity index (χ4n) is 2.72. The van der Waals surface area contributed by atoms with Crippen LogP contribution in [0.4, 0.5) is 13.2 Å². The van der Waals surface area contributed by atoms with Crippen molar-refractivity contribution < 1.29 is 18.0 Å². The number of hydrogen-bond donors (Lipinski definition) is 0. The van der Waals surface area contributed by atoms with Gasteiger partial charge in [-0.25, -0.2) is 0 Å². The number of alkyl halides is 3. The lowest BCUT2D eigenvalue weighted by molar-refractivity contribution is -0.137. The van der Waals surface area contributed by atoms with Gasteiger partial charge < -0.3 is 0 Å². The van der Waals surface area contributed by atoms with Gasteiger partial charge in [0.15, 0.2) is 5.78 Å². The number of halogens is 3. The van der Waals surface area contributed by atoms with Gasteiger partial charge in [-0.1, -0.05) is 34.9 Å². The molecule has 0 spiro atoms. The molecular weight excluding hydrogens is 393 g/mol. The first-order chi connectivity index (χ1) is 13.5. The SMILES string of the molecule is CC(=O)c1ccc(C(F)(F)F)cc1SC/C=C(\C)CC/C=C(\C)CCC=C(C)C. The Morgan fingerprint density at radius 1 is 0.931 bits per heavy atom. The summed E-state index contributed by atoms with van der Waals surface area (Å²) in [6.07, 6.45) is 6.11. The molecule has 0 aliphatic carbocycles. The molecule has 0 atom stereocenters. The molecule has 1 aromatic rings. The number of carbonyl (C=O) groups is 1. The predicted molar refractivity (Wildman–Crippen MR) is 118 cm³/mol. The fraction of sp³-hybridized carbons (Fsp3) is 0.458. The predicted octanol–water partition coefficient (Wildman–Crippen LogP) is 8.42. The minimum Gasteiger partial charge on any atom is -0.294 e. The first-order valence-electron chi connectivity index (χ1n) is 9.80. The topological polar surface area (TPSA) is 17.1 Å². The highest BCUT2D eigenvalue weighted by atomic mass is 32.2. The van der Waals surface area contributed by atoms with E-state index < -0.39 is 11.7 Å². The summed E-state index contributed by atoms with van der Waals surface area (Å²) in [5, 5.41) is 0. The number of carbonyl (C=O) groups excluding carboxylic acids is 1. The quantitative estimate of drug-likeness (QED) is 0.213. The average molecular weight is 425 g/mol. The molecule has 160 valence electrons. The summed E-state index contributed by atoms with van der Waals surface area (Å²) < 4.78 is 38.9. The van der Waals surface area contributed by atoms with Crippen LogP contribution >= 0.6 is 11.8 Å². The van der Waals surface area contributed by atoms with E-state index in [1.165, 1.54) is 41.5 Å². The lowest BCUT2D eigenvalue weighted by atomic mass is 10.1. The van der Waals surface area contributed by atoms with Gasteiger partial charge in [-0.3, -0.25) is 4.79 Å². The van der Waals surface area contributed by atoms with E-state index in [0.717, 1.165) is 37.8 Å². The van der Waals surface area contributed by atoms with E-state index in [2.05, 4.69) is 32.9 Å². The lowest BCUT2D eigenvalue weighted by Gasteiger charge is -2.11. The van der Waals surface area contributed by atoms with E-state index in [1.54, 1.807) is 0 Å². The van der Waals surface area contributed by atoms with Crippen molar-refractivity contribution in [3.8, 4) is 0 Å². The Hall–Kier alpha value is -1.75. The standard InChI is InChI=1S/C24H31F3OS/c1-17(2)8-6-9-18(3)10-7-11-19(4)14-15-29-23-16-21(24(25,26)27)12-13-22(23)20(5)28/h8,10,12-14,16H,6-7,9,11,15H2,1-5H3/b18-10+,19-14+. The molecule has 0 aromatic heterocycles. The minimum atomic E-state index is -4.41. The molecule has 0 heterocycles. The van der Waals surface area contributed by atoms with E-state index in [1.807, 2.05) is 13.0 Å². The summed E-state index contributed by atoms with van der Waals surface area (Å²) >= 11 is 1.27. The van der Waals surface area contributed by atoms with Gasteiger partial charge in [0.2, 0.25) is 0 Å². The Balaban J connectivity index is 2.63. The molecule has 0 saturated carbocycles. The van der Waals surface area contributed by atoms with E-state index in [0.29, 0.717) is 16.2 Å². The second-order valence-electron chi connectivity index (χ2n) is 7.54. The van der Waals surface area contributed by atoms with E-state index in [4.69, 9.17) is 0 Å². The van der Waals surface area contributed by atoms with Crippen molar-refractivity contribution in [1.82, 2.24) is 0 Å². The molecular formula is C24H31F3OS. The normalized spacial score (nSPS) is 12.8. The smallest absolute Gasteiger partial charge is 0.294 e. The molecule has 0 unspecified atom stereocenters. The number of hydrogen-bond acceptors (Lipinski definition) is 2. The molecule has 1 nitrogen and oxygen atoms in total. The van der Waals surface area contributed by atoms with Gasteiger partial charge in [0.1, 0.15) is 0 Å².